The molecule has 0 unspecified atom stereocenters. The number of hydrogen-bond acceptors (Lipinski definition) is 4. The van der Waals surface area contributed by atoms with Crippen LogP contribution in [-0.2, 0) is 10.2 Å². The number of nitrogens with zero attached hydrogens (tertiary/aromatic N) is 1. The fourth-order valence-corrected chi connectivity index (χ4v) is 1.70. The van der Waals surface area contributed by atoms with Crippen LogP contribution in [0.15, 0.2) is 34.9 Å². The Kier molecular flexibility index (Phi) is 4.78. The van der Waals surface area contributed by atoms with Gasteiger partial charge in [-0.05, 0) is 24.3 Å². The second kappa shape index (κ2) is 6.60. The number of rotatable bonds is 4. The average Bonchev–Trinajstić information content (AvgIpc) is 2.94. The zero-order valence-electron chi connectivity index (χ0n) is 13.1. The van der Waals surface area contributed by atoms with Gasteiger partial charge in [0, 0.05) is 11.0 Å². The lowest BCUT2D eigenvalue weighted by atomic mass is 9.93. The SMILES string of the molecule is CC(C)(C)c1coc(NC(=O)CNC(=O)c2ccc(F)cc2)n1. The molecule has 1 aromatic heterocycles. The maximum Gasteiger partial charge on any atom is 0.301 e. The van der Waals surface area contributed by atoms with Crippen LogP contribution in [0.1, 0.15) is 36.8 Å². The van der Waals surface area contributed by atoms with Gasteiger partial charge in [-0.3, -0.25) is 14.9 Å². The lowest BCUT2D eigenvalue weighted by Gasteiger charge is -2.12. The van der Waals surface area contributed by atoms with Crippen LogP contribution >= 0.6 is 0 Å². The van der Waals surface area contributed by atoms with E-state index < -0.39 is 17.6 Å². The topological polar surface area (TPSA) is 84.2 Å². The van der Waals surface area contributed by atoms with Crippen LogP contribution in [0.3, 0.4) is 0 Å². The Bertz CT molecular complexity index is 702. The monoisotopic (exact) mass is 319 g/mol. The normalized spacial score (nSPS) is 11.1. The number of hydrogen-bond donors (Lipinski definition) is 2. The first kappa shape index (κ1) is 16.7. The Balaban J connectivity index is 1.86. The second-order valence-corrected chi connectivity index (χ2v) is 6.03. The van der Waals surface area contributed by atoms with Crippen molar-refractivity contribution < 1.29 is 18.4 Å². The number of halogens is 1. The zero-order chi connectivity index (χ0) is 17.0. The summed E-state index contributed by atoms with van der Waals surface area (Å²) in [6.07, 6.45) is 1.48. The maximum absolute atomic E-state index is 12.8. The quantitative estimate of drug-likeness (QED) is 0.907. The van der Waals surface area contributed by atoms with E-state index in [9.17, 15) is 14.0 Å². The van der Waals surface area contributed by atoms with Crippen molar-refractivity contribution in [3.63, 3.8) is 0 Å². The fourth-order valence-electron chi connectivity index (χ4n) is 1.70. The summed E-state index contributed by atoms with van der Waals surface area (Å²) in [7, 11) is 0. The maximum atomic E-state index is 12.8. The molecule has 2 aromatic rings. The lowest BCUT2D eigenvalue weighted by molar-refractivity contribution is -0.115. The smallest absolute Gasteiger partial charge is 0.301 e. The van der Waals surface area contributed by atoms with Gasteiger partial charge in [-0.25, -0.2) is 4.39 Å². The summed E-state index contributed by atoms with van der Waals surface area (Å²) in [6.45, 7) is 5.67. The molecule has 0 saturated carbocycles. The van der Waals surface area contributed by atoms with Crippen LogP contribution < -0.4 is 10.6 Å². The zero-order valence-corrected chi connectivity index (χ0v) is 13.1. The highest BCUT2D eigenvalue weighted by Gasteiger charge is 2.19. The minimum atomic E-state index is -0.470. The summed E-state index contributed by atoms with van der Waals surface area (Å²) < 4.78 is 17.9. The molecule has 0 atom stereocenters. The number of amides is 2. The summed E-state index contributed by atoms with van der Waals surface area (Å²) in [4.78, 5) is 27.7. The van der Waals surface area contributed by atoms with Crippen LogP contribution in [0.2, 0.25) is 0 Å². The number of carbonyl (C=O) groups is 2. The molecule has 0 aliphatic heterocycles. The Morgan fingerprint density at radius 3 is 2.43 bits per heavy atom. The molecular formula is C16H18FN3O3. The van der Waals surface area contributed by atoms with Gasteiger partial charge in [-0.1, -0.05) is 20.8 Å². The predicted molar refractivity (Wildman–Crippen MR) is 82.6 cm³/mol. The van der Waals surface area contributed by atoms with Gasteiger partial charge in [0.05, 0.1) is 12.2 Å². The first-order valence-corrected chi connectivity index (χ1v) is 7.05. The number of anilines is 1. The van der Waals surface area contributed by atoms with Crippen molar-refractivity contribution in [2.75, 3.05) is 11.9 Å². The van der Waals surface area contributed by atoms with E-state index in [1.165, 1.54) is 30.5 Å². The molecule has 0 fully saturated rings. The molecule has 0 aliphatic carbocycles. The van der Waals surface area contributed by atoms with Gasteiger partial charge < -0.3 is 9.73 Å². The molecule has 7 heteroatoms. The van der Waals surface area contributed by atoms with Crippen molar-refractivity contribution in [3.05, 3.63) is 47.6 Å². The Morgan fingerprint density at radius 2 is 1.87 bits per heavy atom. The van der Waals surface area contributed by atoms with Gasteiger partial charge in [0.25, 0.3) is 5.91 Å². The number of carbonyl (C=O) groups excluding carboxylic acids is 2. The molecule has 2 N–H and O–H groups in total. The first-order valence-electron chi connectivity index (χ1n) is 7.05. The van der Waals surface area contributed by atoms with E-state index in [1.54, 1.807) is 0 Å². The van der Waals surface area contributed by atoms with E-state index in [1.807, 2.05) is 20.8 Å². The van der Waals surface area contributed by atoms with E-state index in [0.717, 1.165) is 0 Å². The van der Waals surface area contributed by atoms with E-state index in [2.05, 4.69) is 15.6 Å². The van der Waals surface area contributed by atoms with E-state index >= 15 is 0 Å². The molecule has 23 heavy (non-hydrogen) atoms. The average molecular weight is 319 g/mol. The van der Waals surface area contributed by atoms with Gasteiger partial charge in [0.15, 0.2) is 0 Å². The highest BCUT2D eigenvalue weighted by Crippen LogP contribution is 2.22. The number of benzene rings is 1. The highest BCUT2D eigenvalue weighted by molar-refractivity contribution is 5.98. The van der Waals surface area contributed by atoms with Crippen LogP contribution in [0.4, 0.5) is 10.4 Å². The van der Waals surface area contributed by atoms with Crippen molar-refractivity contribution in [3.8, 4) is 0 Å². The predicted octanol–water partition coefficient (Wildman–Crippen LogP) is 2.48. The van der Waals surface area contributed by atoms with E-state index in [-0.39, 0.29) is 23.5 Å². The summed E-state index contributed by atoms with van der Waals surface area (Å²) in [5, 5.41) is 4.89. The highest BCUT2D eigenvalue weighted by atomic mass is 19.1. The molecule has 0 saturated heterocycles. The largest absolute Gasteiger partial charge is 0.432 e. The molecule has 1 heterocycles. The van der Waals surface area contributed by atoms with Crippen molar-refractivity contribution in [2.24, 2.45) is 0 Å². The summed E-state index contributed by atoms with van der Waals surface area (Å²) in [6, 6.07) is 5.11. The minimum absolute atomic E-state index is 0.0796. The Morgan fingerprint density at radius 1 is 1.22 bits per heavy atom. The number of nitrogens with one attached hydrogen (secondary N) is 2. The third kappa shape index (κ3) is 4.64. The fraction of sp³-hybridized carbons (Fsp3) is 0.312. The van der Waals surface area contributed by atoms with E-state index in [4.69, 9.17) is 4.42 Å². The molecule has 6 nitrogen and oxygen atoms in total. The molecule has 1 aromatic carbocycles. The van der Waals surface area contributed by atoms with Gasteiger partial charge in [0.2, 0.25) is 5.91 Å². The van der Waals surface area contributed by atoms with Gasteiger partial charge in [0.1, 0.15) is 12.1 Å². The van der Waals surface area contributed by atoms with Gasteiger partial charge in [-0.2, -0.15) is 4.98 Å². The number of oxazole rings is 1. The van der Waals surface area contributed by atoms with Crippen LogP contribution in [0.5, 0.6) is 0 Å². The van der Waals surface area contributed by atoms with Gasteiger partial charge >= 0.3 is 6.01 Å². The summed E-state index contributed by atoms with van der Waals surface area (Å²) >= 11 is 0. The molecule has 0 radical (unpaired) electrons. The Labute approximate surface area is 133 Å². The third-order valence-corrected chi connectivity index (χ3v) is 3.03. The van der Waals surface area contributed by atoms with Crippen LogP contribution in [0, 0.1) is 5.82 Å². The third-order valence-electron chi connectivity index (χ3n) is 3.03. The summed E-state index contributed by atoms with van der Waals surface area (Å²) in [5.74, 6) is -1.37. The minimum Gasteiger partial charge on any atom is -0.432 e. The first-order chi connectivity index (χ1) is 10.8. The molecule has 2 amide bonds. The van der Waals surface area contributed by atoms with Gasteiger partial charge in [-0.15, -0.1) is 0 Å². The molecular weight excluding hydrogens is 301 g/mol. The standard InChI is InChI=1S/C16H18FN3O3/c1-16(2,3)12-9-23-15(19-12)20-13(21)8-18-14(22)10-4-6-11(17)7-5-10/h4-7,9H,8H2,1-3H3,(H,18,22)(H,19,20,21). The number of aromatic nitrogens is 1. The van der Waals surface area contributed by atoms with Crippen molar-refractivity contribution >= 4 is 17.8 Å². The molecule has 122 valence electrons. The van der Waals surface area contributed by atoms with Crippen LogP contribution in [0.25, 0.3) is 0 Å². The molecule has 0 aliphatic rings. The summed E-state index contributed by atoms with van der Waals surface area (Å²) in [5.41, 5.74) is 0.789. The molecule has 2 rings (SSSR count). The molecule has 0 spiro atoms. The van der Waals surface area contributed by atoms with Crippen LogP contribution in [-0.4, -0.2) is 23.3 Å². The second-order valence-electron chi connectivity index (χ2n) is 6.03. The molecule has 0 bridgehead atoms. The van der Waals surface area contributed by atoms with Crippen molar-refractivity contribution in [1.29, 1.82) is 0 Å². The van der Waals surface area contributed by atoms with Crippen molar-refractivity contribution in [1.82, 2.24) is 10.3 Å². The Hall–Kier alpha value is -2.70. The van der Waals surface area contributed by atoms with E-state index in [0.29, 0.717) is 5.69 Å². The lowest BCUT2D eigenvalue weighted by Crippen LogP contribution is -2.32. The van der Waals surface area contributed by atoms with Crippen molar-refractivity contribution in [2.45, 2.75) is 26.2 Å².